The van der Waals surface area contributed by atoms with E-state index in [9.17, 15) is 13.2 Å². The Kier molecular flexibility index (Phi) is 3.85. The molecule has 2 aromatic rings. The highest BCUT2D eigenvalue weighted by Crippen LogP contribution is 2.24. The van der Waals surface area contributed by atoms with E-state index >= 15 is 0 Å². The zero-order valence-electron chi connectivity index (χ0n) is 11.3. The molecule has 0 saturated heterocycles. The average molecular weight is 311 g/mol. The molecule has 0 aliphatic carbocycles. The minimum absolute atomic E-state index is 0.0985. The molecule has 0 bridgehead atoms. The van der Waals surface area contributed by atoms with E-state index in [1.165, 1.54) is 30.3 Å². The van der Waals surface area contributed by atoms with Gasteiger partial charge in [0.05, 0.1) is 4.90 Å². The SMILES string of the molecule is CC(=O)ON(c1cc(C)on1)S(=O)(=O)c1ccc(N)cc1. The molecular weight excluding hydrogens is 298 g/mol. The summed E-state index contributed by atoms with van der Waals surface area (Å²) in [5, 5.41) is 3.55. The molecule has 0 unspecified atom stereocenters. The van der Waals surface area contributed by atoms with Gasteiger partial charge in [-0.2, -0.15) is 8.42 Å². The number of aromatic nitrogens is 1. The van der Waals surface area contributed by atoms with Crippen LogP contribution in [0, 0.1) is 6.92 Å². The first kappa shape index (κ1) is 14.9. The van der Waals surface area contributed by atoms with E-state index in [0.29, 0.717) is 15.9 Å². The van der Waals surface area contributed by atoms with E-state index < -0.39 is 16.0 Å². The van der Waals surface area contributed by atoms with Gasteiger partial charge >= 0.3 is 5.97 Å². The molecule has 21 heavy (non-hydrogen) atoms. The summed E-state index contributed by atoms with van der Waals surface area (Å²) in [6.45, 7) is 2.66. The minimum Gasteiger partial charge on any atom is -0.399 e. The van der Waals surface area contributed by atoms with Crippen LogP contribution in [0.3, 0.4) is 0 Å². The van der Waals surface area contributed by atoms with Gasteiger partial charge in [-0.05, 0) is 31.2 Å². The molecule has 0 aliphatic heterocycles. The molecule has 0 spiro atoms. The van der Waals surface area contributed by atoms with Gasteiger partial charge in [0.15, 0.2) is 0 Å². The largest absolute Gasteiger partial charge is 0.399 e. The van der Waals surface area contributed by atoms with Gasteiger partial charge in [-0.1, -0.05) is 9.63 Å². The fourth-order valence-electron chi connectivity index (χ4n) is 1.51. The van der Waals surface area contributed by atoms with Crippen molar-refractivity contribution in [3.05, 3.63) is 36.1 Å². The topological polar surface area (TPSA) is 116 Å². The third-order valence-corrected chi connectivity index (χ3v) is 3.98. The van der Waals surface area contributed by atoms with Crippen LogP contribution in [0.5, 0.6) is 0 Å². The first-order valence-corrected chi connectivity index (χ1v) is 7.27. The Morgan fingerprint density at radius 3 is 2.43 bits per heavy atom. The van der Waals surface area contributed by atoms with Crippen molar-refractivity contribution in [2.45, 2.75) is 18.7 Å². The molecule has 8 nitrogen and oxygen atoms in total. The van der Waals surface area contributed by atoms with Crippen LogP contribution in [0.25, 0.3) is 0 Å². The quantitative estimate of drug-likeness (QED) is 0.667. The van der Waals surface area contributed by atoms with Crippen LogP contribution in [0.2, 0.25) is 0 Å². The number of hydrogen-bond acceptors (Lipinski definition) is 7. The number of nitrogens with zero attached hydrogens (tertiary/aromatic N) is 2. The smallest absolute Gasteiger partial charge is 0.330 e. The number of carbonyl (C=O) groups is 1. The second-order valence-corrected chi connectivity index (χ2v) is 5.93. The monoisotopic (exact) mass is 311 g/mol. The molecule has 0 atom stereocenters. The number of aryl methyl sites for hydroxylation is 1. The zero-order valence-corrected chi connectivity index (χ0v) is 12.1. The molecule has 1 heterocycles. The van der Waals surface area contributed by atoms with E-state index in [1.807, 2.05) is 0 Å². The van der Waals surface area contributed by atoms with Gasteiger partial charge in [0.1, 0.15) is 5.76 Å². The van der Waals surface area contributed by atoms with E-state index in [4.69, 9.17) is 15.1 Å². The molecule has 1 aromatic carbocycles. The second-order valence-electron chi connectivity index (χ2n) is 4.18. The number of carbonyl (C=O) groups excluding carboxylic acids is 1. The summed E-state index contributed by atoms with van der Waals surface area (Å²) in [5.41, 5.74) is 5.93. The second kappa shape index (κ2) is 5.44. The summed E-state index contributed by atoms with van der Waals surface area (Å²) in [6, 6.07) is 6.78. The Hall–Kier alpha value is -2.55. The molecule has 0 saturated carbocycles. The summed E-state index contributed by atoms with van der Waals surface area (Å²) in [7, 11) is -4.14. The molecule has 2 rings (SSSR count). The fraction of sp³-hybridized carbons (Fsp3) is 0.167. The average Bonchev–Trinajstić information content (AvgIpc) is 2.82. The minimum atomic E-state index is -4.14. The Balaban J connectivity index is 2.49. The van der Waals surface area contributed by atoms with Gasteiger partial charge in [0.2, 0.25) is 5.82 Å². The number of sulfonamides is 1. The van der Waals surface area contributed by atoms with E-state index in [-0.39, 0.29) is 10.7 Å². The molecule has 0 amide bonds. The van der Waals surface area contributed by atoms with Crippen LogP contribution in [0.15, 0.2) is 39.8 Å². The maximum absolute atomic E-state index is 12.5. The summed E-state index contributed by atoms with van der Waals surface area (Å²) in [5.74, 6) is -0.594. The number of benzene rings is 1. The van der Waals surface area contributed by atoms with Crippen molar-refractivity contribution in [1.29, 1.82) is 0 Å². The van der Waals surface area contributed by atoms with Gasteiger partial charge in [-0.3, -0.25) is 0 Å². The van der Waals surface area contributed by atoms with Crippen LogP contribution < -0.4 is 10.2 Å². The third kappa shape index (κ3) is 3.14. The maximum Gasteiger partial charge on any atom is 0.330 e. The van der Waals surface area contributed by atoms with Gasteiger partial charge in [-0.25, -0.2) is 4.79 Å². The summed E-state index contributed by atoms with van der Waals surface area (Å²) >= 11 is 0. The van der Waals surface area contributed by atoms with Crippen LogP contribution in [-0.4, -0.2) is 19.5 Å². The predicted molar refractivity (Wildman–Crippen MR) is 73.5 cm³/mol. The van der Waals surface area contributed by atoms with Gasteiger partial charge in [-0.15, -0.1) is 0 Å². The van der Waals surface area contributed by atoms with Crippen molar-refractivity contribution in [3.63, 3.8) is 0 Å². The van der Waals surface area contributed by atoms with Crippen molar-refractivity contribution < 1.29 is 22.6 Å². The molecule has 1 aromatic heterocycles. The summed E-state index contributed by atoms with van der Waals surface area (Å²) in [6.07, 6.45) is 0. The van der Waals surface area contributed by atoms with E-state index in [0.717, 1.165) is 6.92 Å². The summed E-state index contributed by atoms with van der Waals surface area (Å²) < 4.78 is 30.3. The maximum atomic E-state index is 12.5. The number of anilines is 2. The van der Waals surface area contributed by atoms with Crippen LogP contribution in [-0.2, 0) is 19.7 Å². The fourth-order valence-corrected chi connectivity index (χ4v) is 2.72. The number of rotatable bonds is 4. The Morgan fingerprint density at radius 1 is 1.33 bits per heavy atom. The predicted octanol–water partition coefficient (Wildman–Crippen LogP) is 1.24. The molecule has 0 aliphatic rings. The summed E-state index contributed by atoms with van der Waals surface area (Å²) in [4.78, 5) is 15.8. The highest BCUT2D eigenvalue weighted by molar-refractivity contribution is 7.92. The first-order chi connectivity index (χ1) is 9.80. The van der Waals surface area contributed by atoms with Crippen molar-refractivity contribution in [1.82, 2.24) is 5.16 Å². The van der Waals surface area contributed by atoms with Crippen molar-refractivity contribution in [2.24, 2.45) is 0 Å². The van der Waals surface area contributed by atoms with Crippen molar-refractivity contribution >= 4 is 27.5 Å². The first-order valence-electron chi connectivity index (χ1n) is 5.83. The van der Waals surface area contributed by atoms with Gasteiger partial charge in [0, 0.05) is 18.7 Å². The van der Waals surface area contributed by atoms with Gasteiger partial charge < -0.3 is 15.1 Å². The Labute approximate surface area is 121 Å². The highest BCUT2D eigenvalue weighted by Gasteiger charge is 2.30. The lowest BCUT2D eigenvalue weighted by Crippen LogP contribution is -2.33. The lowest BCUT2D eigenvalue weighted by atomic mass is 10.3. The standard InChI is InChI=1S/C12H13N3O5S/c1-8-7-12(14-19-8)15(20-9(2)16)21(17,18)11-5-3-10(13)4-6-11/h3-7H,13H2,1-2H3. The number of nitrogens with two attached hydrogens (primary N) is 1. The zero-order chi connectivity index (χ0) is 15.6. The molecule has 112 valence electrons. The van der Waals surface area contributed by atoms with Crippen molar-refractivity contribution in [2.75, 3.05) is 10.2 Å². The molecule has 2 N–H and O–H groups in total. The van der Waals surface area contributed by atoms with E-state index in [2.05, 4.69) is 5.16 Å². The van der Waals surface area contributed by atoms with Gasteiger partial charge in [0.25, 0.3) is 10.0 Å². The number of nitrogen functional groups attached to an aromatic ring is 1. The number of hydrogen-bond donors (Lipinski definition) is 1. The van der Waals surface area contributed by atoms with Crippen LogP contribution in [0.4, 0.5) is 11.5 Å². The van der Waals surface area contributed by atoms with E-state index in [1.54, 1.807) is 6.92 Å². The Morgan fingerprint density at radius 2 is 1.95 bits per heavy atom. The van der Waals surface area contributed by atoms with Crippen molar-refractivity contribution in [3.8, 4) is 0 Å². The van der Waals surface area contributed by atoms with Crippen LogP contribution in [0.1, 0.15) is 12.7 Å². The lowest BCUT2D eigenvalue weighted by molar-refractivity contribution is -0.140. The molecule has 9 heteroatoms. The molecular formula is C12H13N3O5S. The molecule has 0 radical (unpaired) electrons. The lowest BCUT2D eigenvalue weighted by Gasteiger charge is -2.18. The Bertz CT molecular complexity index is 751. The molecule has 0 fully saturated rings. The highest BCUT2D eigenvalue weighted by atomic mass is 32.2. The van der Waals surface area contributed by atoms with Crippen LogP contribution >= 0.6 is 0 Å². The third-order valence-electron chi connectivity index (χ3n) is 2.41. The normalized spacial score (nSPS) is 11.1.